The van der Waals surface area contributed by atoms with Gasteiger partial charge in [-0.3, -0.25) is 9.59 Å². The van der Waals surface area contributed by atoms with E-state index in [1.807, 2.05) is 36.4 Å². The minimum atomic E-state index is -0.788. The van der Waals surface area contributed by atoms with Crippen LogP contribution in [0.3, 0.4) is 0 Å². The number of hydrogen-bond donors (Lipinski definition) is 1. The second kappa shape index (κ2) is 13.9. The predicted molar refractivity (Wildman–Crippen MR) is 130 cm³/mol. The van der Waals surface area contributed by atoms with Gasteiger partial charge in [-0.05, 0) is 30.2 Å². The fourth-order valence-electron chi connectivity index (χ4n) is 2.88. The third-order valence-corrected chi connectivity index (χ3v) is 4.62. The molecular weight excluding hydrogens is 424 g/mol. The van der Waals surface area contributed by atoms with Gasteiger partial charge in [-0.2, -0.15) is 13.5 Å². The molecule has 0 aliphatic carbocycles. The zero-order valence-corrected chi connectivity index (χ0v) is 19.7. The fraction of sp³-hybridized carbons (Fsp3) is 0.320. The van der Waals surface area contributed by atoms with Crippen LogP contribution >= 0.6 is 13.5 Å². The third-order valence-electron chi connectivity index (χ3n) is 4.62. The number of nitrogens with zero attached hydrogens (tertiary/aromatic N) is 1. The molecule has 0 heterocycles. The monoisotopic (exact) mass is 454 g/mol. The largest absolute Gasteiger partial charge is 0.467 e. The number of hydrogen-bond acceptors (Lipinski definition) is 4. The molecule has 0 aromatic heterocycles. The standard InChI is InChI=1S/C25H28N2O4.H2S/c1-27(2)23(28)16-9-5-8-11-19-14-10-15-21(17-19)24(29)26-22(25(30)31-3)18-20-12-6-4-7-13-20;/h4,6-7,10,12-15,17,22H,5,9,16,18H2,1-3H3,(H,26,29);1H2/t22-;/m0./s1. The summed E-state index contributed by atoms with van der Waals surface area (Å²) in [4.78, 5) is 38.0. The Labute approximate surface area is 196 Å². The molecule has 1 N–H and O–H groups in total. The van der Waals surface area contributed by atoms with Gasteiger partial charge in [-0.1, -0.05) is 48.2 Å². The lowest BCUT2D eigenvalue weighted by molar-refractivity contribution is -0.142. The SMILES string of the molecule is COC(=O)[C@H](Cc1ccccc1)NC(=O)c1cccc(C#CCCCC(=O)N(C)C)c1.S. The van der Waals surface area contributed by atoms with E-state index in [0.29, 0.717) is 36.8 Å². The Morgan fingerprint density at radius 3 is 2.44 bits per heavy atom. The highest BCUT2D eigenvalue weighted by atomic mass is 32.1. The molecule has 2 amide bonds. The van der Waals surface area contributed by atoms with Crippen molar-refractivity contribution in [3.05, 3.63) is 71.3 Å². The maximum Gasteiger partial charge on any atom is 0.328 e. The predicted octanol–water partition coefficient (Wildman–Crippen LogP) is 2.92. The number of unbranched alkanes of at least 4 members (excludes halogenated alkanes) is 1. The molecule has 0 aliphatic rings. The third kappa shape index (κ3) is 8.86. The van der Waals surface area contributed by atoms with Crippen molar-refractivity contribution in [1.29, 1.82) is 0 Å². The molecule has 0 bridgehead atoms. The van der Waals surface area contributed by atoms with Crippen LogP contribution in [-0.4, -0.2) is 49.9 Å². The molecule has 0 spiro atoms. The van der Waals surface area contributed by atoms with E-state index in [0.717, 1.165) is 5.56 Å². The number of benzene rings is 2. The quantitative estimate of drug-likeness (QED) is 0.378. The second-order valence-electron chi connectivity index (χ2n) is 7.26. The second-order valence-corrected chi connectivity index (χ2v) is 7.26. The Morgan fingerprint density at radius 2 is 1.78 bits per heavy atom. The lowest BCUT2D eigenvalue weighted by Gasteiger charge is -2.16. The van der Waals surface area contributed by atoms with E-state index in [2.05, 4.69) is 17.2 Å². The van der Waals surface area contributed by atoms with Gasteiger partial charge in [0.05, 0.1) is 7.11 Å². The summed E-state index contributed by atoms with van der Waals surface area (Å²) < 4.78 is 4.85. The van der Waals surface area contributed by atoms with Gasteiger partial charge in [-0.15, -0.1) is 0 Å². The molecular formula is C25H30N2O4S. The summed E-state index contributed by atoms with van der Waals surface area (Å²) in [5.74, 6) is 5.27. The summed E-state index contributed by atoms with van der Waals surface area (Å²) >= 11 is 0. The van der Waals surface area contributed by atoms with E-state index in [-0.39, 0.29) is 25.3 Å². The highest BCUT2D eigenvalue weighted by Crippen LogP contribution is 2.08. The molecule has 0 radical (unpaired) electrons. The number of esters is 1. The van der Waals surface area contributed by atoms with Crippen LogP contribution in [0.5, 0.6) is 0 Å². The zero-order valence-electron chi connectivity index (χ0n) is 18.7. The van der Waals surface area contributed by atoms with E-state index in [9.17, 15) is 14.4 Å². The average molecular weight is 455 g/mol. The first-order chi connectivity index (χ1) is 14.9. The molecule has 6 nitrogen and oxygen atoms in total. The van der Waals surface area contributed by atoms with Crippen molar-refractivity contribution in [3.8, 4) is 11.8 Å². The molecule has 0 aliphatic heterocycles. The van der Waals surface area contributed by atoms with Crippen molar-refractivity contribution in [2.24, 2.45) is 0 Å². The molecule has 2 rings (SSSR count). The molecule has 0 fully saturated rings. The highest BCUT2D eigenvalue weighted by Gasteiger charge is 2.22. The van der Waals surface area contributed by atoms with E-state index in [4.69, 9.17) is 4.74 Å². The van der Waals surface area contributed by atoms with E-state index >= 15 is 0 Å². The summed E-state index contributed by atoms with van der Waals surface area (Å²) in [6, 6.07) is 15.6. The van der Waals surface area contributed by atoms with Crippen LogP contribution in [0, 0.1) is 11.8 Å². The maximum absolute atomic E-state index is 12.7. The van der Waals surface area contributed by atoms with Crippen molar-refractivity contribution in [1.82, 2.24) is 10.2 Å². The highest BCUT2D eigenvalue weighted by molar-refractivity contribution is 7.59. The maximum atomic E-state index is 12.7. The van der Waals surface area contributed by atoms with E-state index < -0.39 is 12.0 Å². The van der Waals surface area contributed by atoms with Crippen LogP contribution in [-0.2, 0) is 20.7 Å². The first-order valence-electron chi connectivity index (χ1n) is 10.1. The number of rotatable bonds is 8. The molecule has 32 heavy (non-hydrogen) atoms. The van der Waals surface area contributed by atoms with E-state index in [1.165, 1.54) is 7.11 Å². The van der Waals surface area contributed by atoms with Gasteiger partial charge in [0.25, 0.3) is 5.91 Å². The topological polar surface area (TPSA) is 75.7 Å². The number of amides is 2. The lowest BCUT2D eigenvalue weighted by atomic mass is 10.0. The van der Waals surface area contributed by atoms with Gasteiger partial charge < -0.3 is 15.0 Å². The number of methoxy groups -OCH3 is 1. The summed E-state index contributed by atoms with van der Waals surface area (Å²) in [6.07, 6.45) is 2.08. The summed E-state index contributed by atoms with van der Waals surface area (Å²) in [6.45, 7) is 0. The molecule has 7 heteroatoms. The Hall–Kier alpha value is -3.24. The van der Waals surface area contributed by atoms with Crippen LogP contribution in [0.15, 0.2) is 54.6 Å². The molecule has 0 unspecified atom stereocenters. The minimum Gasteiger partial charge on any atom is -0.467 e. The summed E-state index contributed by atoms with van der Waals surface area (Å²) in [5, 5.41) is 2.76. The molecule has 0 saturated carbocycles. The van der Waals surface area contributed by atoms with Gasteiger partial charge in [0.2, 0.25) is 5.91 Å². The van der Waals surface area contributed by atoms with Crippen molar-refractivity contribution >= 4 is 31.3 Å². The molecule has 2 aromatic rings. The van der Waals surface area contributed by atoms with Crippen molar-refractivity contribution in [3.63, 3.8) is 0 Å². The minimum absolute atomic E-state index is 0. The van der Waals surface area contributed by atoms with Crippen LogP contribution < -0.4 is 5.32 Å². The molecule has 2 aromatic carbocycles. The molecule has 0 saturated heterocycles. The number of ether oxygens (including phenoxy) is 1. The summed E-state index contributed by atoms with van der Waals surface area (Å²) in [5.41, 5.74) is 2.03. The number of carbonyl (C=O) groups excluding carboxylic acids is 3. The zero-order chi connectivity index (χ0) is 22.6. The van der Waals surface area contributed by atoms with Gasteiger partial charge in [0.1, 0.15) is 6.04 Å². The van der Waals surface area contributed by atoms with Crippen LogP contribution in [0.4, 0.5) is 0 Å². The number of nitrogens with one attached hydrogen (secondary N) is 1. The van der Waals surface area contributed by atoms with Crippen molar-refractivity contribution in [2.45, 2.75) is 31.7 Å². The smallest absolute Gasteiger partial charge is 0.328 e. The Morgan fingerprint density at radius 1 is 1.06 bits per heavy atom. The summed E-state index contributed by atoms with van der Waals surface area (Å²) in [7, 11) is 4.76. The van der Waals surface area contributed by atoms with Crippen LogP contribution in [0.25, 0.3) is 0 Å². The van der Waals surface area contributed by atoms with Crippen LogP contribution in [0.1, 0.15) is 40.7 Å². The number of carbonyl (C=O) groups is 3. The first kappa shape index (κ1) is 26.8. The molecule has 1 atom stereocenters. The average Bonchev–Trinajstić information content (AvgIpc) is 2.78. The Balaban J connectivity index is 0.00000512. The van der Waals surface area contributed by atoms with Gasteiger partial charge in [0, 0.05) is 44.5 Å². The van der Waals surface area contributed by atoms with Gasteiger partial charge in [0.15, 0.2) is 0 Å². The Kier molecular flexibility index (Phi) is 11.7. The molecule has 170 valence electrons. The lowest BCUT2D eigenvalue weighted by Crippen LogP contribution is -2.43. The van der Waals surface area contributed by atoms with Gasteiger partial charge in [-0.25, -0.2) is 4.79 Å². The normalized spacial score (nSPS) is 10.6. The van der Waals surface area contributed by atoms with E-state index in [1.54, 1.807) is 37.2 Å². The van der Waals surface area contributed by atoms with Crippen molar-refractivity contribution in [2.75, 3.05) is 21.2 Å². The van der Waals surface area contributed by atoms with Crippen LogP contribution in [0.2, 0.25) is 0 Å². The van der Waals surface area contributed by atoms with Crippen molar-refractivity contribution < 1.29 is 19.1 Å². The first-order valence-corrected chi connectivity index (χ1v) is 10.1. The Bertz CT molecular complexity index is 965. The van der Waals surface area contributed by atoms with Gasteiger partial charge >= 0.3 is 5.97 Å². The fourth-order valence-corrected chi connectivity index (χ4v) is 2.88.